The van der Waals surface area contributed by atoms with Gasteiger partial charge < -0.3 is 14.4 Å². The Labute approximate surface area is 153 Å². The summed E-state index contributed by atoms with van der Waals surface area (Å²) in [6.45, 7) is 4.52. The van der Waals surface area contributed by atoms with Gasteiger partial charge in [0.1, 0.15) is 12.4 Å². The number of alkyl halides is 2. The van der Waals surface area contributed by atoms with E-state index in [0.29, 0.717) is 31.1 Å². The van der Waals surface area contributed by atoms with E-state index in [2.05, 4.69) is 22.0 Å². The number of unbranched alkanes of at least 4 members (excludes halogenated alkanes) is 1. The van der Waals surface area contributed by atoms with Gasteiger partial charge in [-0.1, -0.05) is 13.3 Å². The van der Waals surface area contributed by atoms with Crippen LogP contribution in [0.3, 0.4) is 0 Å². The first-order valence-corrected chi connectivity index (χ1v) is 8.81. The van der Waals surface area contributed by atoms with E-state index in [0.717, 1.165) is 30.6 Å². The predicted molar refractivity (Wildman–Crippen MR) is 97.6 cm³/mol. The van der Waals surface area contributed by atoms with Crippen LogP contribution in [0.4, 0.5) is 8.78 Å². The van der Waals surface area contributed by atoms with E-state index in [4.69, 9.17) is 9.47 Å². The van der Waals surface area contributed by atoms with Gasteiger partial charge in [-0.2, -0.15) is 5.10 Å². The first-order chi connectivity index (χ1) is 12.5. The van der Waals surface area contributed by atoms with Crippen LogP contribution >= 0.6 is 0 Å². The molecule has 0 bridgehead atoms. The van der Waals surface area contributed by atoms with Crippen LogP contribution in [0.1, 0.15) is 37.3 Å². The maximum atomic E-state index is 13.3. The van der Waals surface area contributed by atoms with Crippen LogP contribution in [0.2, 0.25) is 0 Å². The Balaban J connectivity index is 2.25. The molecular formula is C19H27F2N3O2. The lowest BCUT2D eigenvalue weighted by atomic mass is 10.0. The second-order valence-corrected chi connectivity index (χ2v) is 6.29. The molecule has 5 nitrogen and oxygen atoms in total. The molecule has 1 aromatic carbocycles. The molecular weight excluding hydrogens is 340 g/mol. The fourth-order valence-corrected chi connectivity index (χ4v) is 2.70. The van der Waals surface area contributed by atoms with E-state index in [1.807, 2.05) is 7.05 Å². The van der Waals surface area contributed by atoms with Crippen molar-refractivity contribution in [2.75, 3.05) is 33.9 Å². The van der Waals surface area contributed by atoms with Crippen molar-refractivity contribution in [3.63, 3.8) is 0 Å². The number of hydrogen-bond acceptors (Lipinski definition) is 4. The largest absolute Gasteiger partial charge is 0.491 e. The summed E-state index contributed by atoms with van der Waals surface area (Å²) in [5.41, 5.74) is 2.28. The van der Waals surface area contributed by atoms with Crippen LogP contribution in [0.5, 0.6) is 5.75 Å². The zero-order valence-electron chi connectivity index (χ0n) is 15.6. The molecule has 0 saturated carbocycles. The Morgan fingerprint density at radius 3 is 2.73 bits per heavy atom. The Kier molecular flexibility index (Phi) is 8.00. The summed E-state index contributed by atoms with van der Waals surface area (Å²) in [6.07, 6.45) is 1.42. The summed E-state index contributed by atoms with van der Waals surface area (Å²) in [4.78, 5) is 2.20. The fraction of sp³-hybridized carbons (Fsp3) is 0.526. The monoisotopic (exact) mass is 367 g/mol. The lowest BCUT2D eigenvalue weighted by molar-refractivity contribution is 0.143. The van der Waals surface area contributed by atoms with Crippen molar-refractivity contribution in [1.82, 2.24) is 15.1 Å². The number of benzene rings is 1. The molecule has 7 heteroatoms. The predicted octanol–water partition coefficient (Wildman–Crippen LogP) is 4.27. The highest BCUT2D eigenvalue weighted by molar-refractivity contribution is 5.65. The number of nitrogens with zero attached hydrogens (tertiary/aromatic N) is 2. The SMILES string of the molecule is CCCCN(C)Cc1cn[nH]c1-c1cc(OCCOC)cc(C(F)F)c1. The molecule has 0 spiro atoms. The van der Waals surface area contributed by atoms with Crippen molar-refractivity contribution in [3.8, 4) is 17.0 Å². The summed E-state index contributed by atoms with van der Waals surface area (Å²) in [6, 6.07) is 4.61. The van der Waals surface area contributed by atoms with Crippen molar-refractivity contribution in [2.45, 2.75) is 32.7 Å². The van der Waals surface area contributed by atoms with E-state index >= 15 is 0 Å². The molecule has 0 aliphatic heterocycles. The Hall–Kier alpha value is -1.99. The van der Waals surface area contributed by atoms with Gasteiger partial charge in [-0.25, -0.2) is 8.78 Å². The van der Waals surface area contributed by atoms with Gasteiger partial charge in [0.2, 0.25) is 0 Å². The van der Waals surface area contributed by atoms with Crippen molar-refractivity contribution < 1.29 is 18.3 Å². The number of aromatic nitrogens is 2. The maximum Gasteiger partial charge on any atom is 0.264 e. The van der Waals surface area contributed by atoms with E-state index in [9.17, 15) is 8.78 Å². The number of nitrogens with one attached hydrogen (secondary N) is 1. The molecule has 1 heterocycles. The third-order valence-corrected chi connectivity index (χ3v) is 4.08. The lowest BCUT2D eigenvalue weighted by Gasteiger charge is -2.16. The van der Waals surface area contributed by atoms with Gasteiger partial charge in [0.15, 0.2) is 0 Å². The highest BCUT2D eigenvalue weighted by atomic mass is 19.3. The summed E-state index contributed by atoms with van der Waals surface area (Å²) in [5.74, 6) is 0.398. The summed E-state index contributed by atoms with van der Waals surface area (Å²) < 4.78 is 37.1. The molecule has 1 aromatic heterocycles. The quantitative estimate of drug-likeness (QED) is 0.603. The minimum absolute atomic E-state index is 0.0743. The molecule has 144 valence electrons. The average Bonchev–Trinajstić information content (AvgIpc) is 3.08. The van der Waals surface area contributed by atoms with Crippen molar-refractivity contribution in [2.24, 2.45) is 0 Å². The van der Waals surface area contributed by atoms with E-state index in [-0.39, 0.29) is 5.56 Å². The van der Waals surface area contributed by atoms with E-state index in [1.165, 1.54) is 12.1 Å². The van der Waals surface area contributed by atoms with Crippen molar-refractivity contribution in [1.29, 1.82) is 0 Å². The summed E-state index contributed by atoms with van der Waals surface area (Å²) >= 11 is 0. The second-order valence-electron chi connectivity index (χ2n) is 6.29. The van der Waals surface area contributed by atoms with Gasteiger partial charge in [0, 0.05) is 30.3 Å². The zero-order valence-corrected chi connectivity index (χ0v) is 15.6. The molecule has 0 aliphatic carbocycles. The molecule has 1 N–H and O–H groups in total. The number of aromatic amines is 1. The molecule has 0 fully saturated rings. The molecule has 2 rings (SSSR count). The average molecular weight is 367 g/mol. The highest BCUT2D eigenvalue weighted by Crippen LogP contribution is 2.31. The third-order valence-electron chi connectivity index (χ3n) is 4.08. The van der Waals surface area contributed by atoms with Crippen LogP contribution in [0.15, 0.2) is 24.4 Å². The van der Waals surface area contributed by atoms with Gasteiger partial charge >= 0.3 is 0 Å². The molecule has 0 radical (unpaired) electrons. The number of halogens is 2. The Morgan fingerprint density at radius 2 is 2.04 bits per heavy atom. The van der Waals surface area contributed by atoms with Crippen LogP contribution < -0.4 is 4.74 Å². The minimum atomic E-state index is -2.57. The molecule has 0 amide bonds. The van der Waals surface area contributed by atoms with Crippen molar-refractivity contribution in [3.05, 3.63) is 35.5 Å². The normalized spacial score (nSPS) is 11.5. The zero-order chi connectivity index (χ0) is 18.9. The first-order valence-electron chi connectivity index (χ1n) is 8.81. The summed E-state index contributed by atoms with van der Waals surface area (Å²) in [7, 11) is 3.61. The van der Waals surface area contributed by atoms with Crippen molar-refractivity contribution >= 4 is 0 Å². The minimum Gasteiger partial charge on any atom is -0.491 e. The molecule has 0 unspecified atom stereocenters. The number of hydrogen-bond donors (Lipinski definition) is 1. The molecule has 26 heavy (non-hydrogen) atoms. The second kappa shape index (κ2) is 10.2. The topological polar surface area (TPSA) is 50.4 Å². The van der Waals surface area contributed by atoms with Gasteiger partial charge in [-0.3, -0.25) is 5.10 Å². The van der Waals surface area contributed by atoms with Crippen LogP contribution in [0, 0.1) is 0 Å². The molecule has 0 saturated heterocycles. The summed E-state index contributed by atoms with van der Waals surface area (Å²) in [5, 5.41) is 7.05. The van der Waals surface area contributed by atoms with E-state index in [1.54, 1.807) is 19.4 Å². The van der Waals surface area contributed by atoms with Gasteiger partial charge in [0.05, 0.1) is 18.5 Å². The molecule has 0 aliphatic rings. The van der Waals surface area contributed by atoms with E-state index < -0.39 is 6.43 Å². The Bertz CT molecular complexity index is 677. The molecule has 0 atom stereocenters. The fourth-order valence-electron chi connectivity index (χ4n) is 2.70. The molecule has 2 aromatic rings. The van der Waals surface area contributed by atoms with Crippen LogP contribution in [-0.2, 0) is 11.3 Å². The third kappa shape index (κ3) is 5.78. The smallest absolute Gasteiger partial charge is 0.264 e. The lowest BCUT2D eigenvalue weighted by Crippen LogP contribution is -2.19. The standard InChI is InChI=1S/C19H27F2N3O2/c1-4-5-6-24(2)13-16-12-22-23-18(16)14-9-15(19(20)21)11-17(10-14)26-8-7-25-3/h9-12,19H,4-8,13H2,1-3H3,(H,22,23). The van der Waals surface area contributed by atoms with Crippen LogP contribution in [0.25, 0.3) is 11.3 Å². The van der Waals surface area contributed by atoms with Crippen LogP contribution in [-0.4, -0.2) is 49.0 Å². The number of rotatable bonds is 11. The number of ether oxygens (including phenoxy) is 2. The Morgan fingerprint density at radius 1 is 1.23 bits per heavy atom. The number of methoxy groups -OCH3 is 1. The highest BCUT2D eigenvalue weighted by Gasteiger charge is 2.15. The van der Waals surface area contributed by atoms with Gasteiger partial charge in [-0.15, -0.1) is 0 Å². The van der Waals surface area contributed by atoms with Gasteiger partial charge in [-0.05, 0) is 38.2 Å². The maximum absolute atomic E-state index is 13.3. The number of H-pyrrole nitrogens is 1. The van der Waals surface area contributed by atoms with Gasteiger partial charge in [0.25, 0.3) is 6.43 Å². The first kappa shape index (κ1) is 20.3.